The molecule has 0 aliphatic heterocycles. The molecule has 3 aromatic rings. The minimum Gasteiger partial charge on any atom is -0.362 e. The van der Waals surface area contributed by atoms with E-state index in [4.69, 9.17) is 17.3 Å². The average molecular weight is 445 g/mol. The van der Waals surface area contributed by atoms with Gasteiger partial charge in [-0.2, -0.15) is 9.37 Å². The molecule has 3 rings (SSSR count). The molecule has 0 aliphatic carbocycles. The van der Waals surface area contributed by atoms with Crippen molar-refractivity contribution in [2.24, 2.45) is 5.73 Å². The SMILES string of the molecule is Cc1c(C[C@H](C)N)sc2c(NCc3nc(F)cs3)nc(Cl)nc12.Cl.Cl. The Morgan fingerprint density at radius 3 is 2.64 bits per heavy atom. The van der Waals surface area contributed by atoms with Crippen molar-refractivity contribution >= 4 is 75.1 Å². The molecule has 0 radical (unpaired) electrons. The summed E-state index contributed by atoms with van der Waals surface area (Å²) in [5.41, 5.74) is 7.82. The number of thiazole rings is 1. The summed E-state index contributed by atoms with van der Waals surface area (Å²) in [4.78, 5) is 13.6. The first-order valence-electron chi connectivity index (χ1n) is 6.99. The van der Waals surface area contributed by atoms with Crippen LogP contribution < -0.4 is 11.1 Å². The van der Waals surface area contributed by atoms with E-state index in [1.807, 2.05) is 13.8 Å². The highest BCUT2D eigenvalue weighted by molar-refractivity contribution is 7.19. The molecular formula is C14H17Cl3FN5S2. The van der Waals surface area contributed by atoms with E-state index in [1.165, 1.54) is 21.6 Å². The summed E-state index contributed by atoms with van der Waals surface area (Å²) in [7, 11) is 0. The van der Waals surface area contributed by atoms with Gasteiger partial charge in [-0.05, 0) is 37.4 Å². The van der Waals surface area contributed by atoms with Gasteiger partial charge in [0.1, 0.15) is 10.8 Å². The predicted molar refractivity (Wildman–Crippen MR) is 108 cm³/mol. The Balaban J connectivity index is 0.00000156. The lowest BCUT2D eigenvalue weighted by molar-refractivity contribution is 0.588. The van der Waals surface area contributed by atoms with Crippen LogP contribution in [0.5, 0.6) is 0 Å². The van der Waals surface area contributed by atoms with Crippen LogP contribution in [0.25, 0.3) is 10.2 Å². The van der Waals surface area contributed by atoms with E-state index >= 15 is 0 Å². The average Bonchev–Trinajstić information content (AvgIpc) is 3.02. The number of aryl methyl sites for hydroxylation is 1. The van der Waals surface area contributed by atoms with Gasteiger partial charge in [0, 0.05) is 16.3 Å². The fourth-order valence-electron chi connectivity index (χ4n) is 2.24. The maximum absolute atomic E-state index is 13.0. The number of aromatic nitrogens is 3. The smallest absolute Gasteiger partial charge is 0.224 e. The number of rotatable bonds is 5. The Morgan fingerprint density at radius 2 is 2.04 bits per heavy atom. The van der Waals surface area contributed by atoms with Crippen molar-refractivity contribution in [2.45, 2.75) is 32.9 Å². The van der Waals surface area contributed by atoms with Crippen molar-refractivity contribution in [3.05, 3.63) is 32.1 Å². The van der Waals surface area contributed by atoms with Gasteiger partial charge in [0.05, 0.1) is 16.8 Å². The quantitative estimate of drug-likeness (QED) is 0.563. The Morgan fingerprint density at radius 1 is 1.32 bits per heavy atom. The third-order valence-electron chi connectivity index (χ3n) is 3.28. The standard InChI is InChI=1S/C14H15ClFN5S2.2ClH/c1-6(17)3-8-7(2)11-12(23-8)13(21-14(15)20-11)18-4-10-19-9(16)5-22-10;;/h5-6H,3-4,17H2,1-2H3,(H,18,20,21);2*1H/t6-;;/m0../s1. The second-order valence-electron chi connectivity index (χ2n) is 5.27. The Bertz CT molecular complexity index is 852. The molecule has 25 heavy (non-hydrogen) atoms. The fourth-order valence-corrected chi connectivity index (χ4v) is 4.34. The number of anilines is 1. The maximum atomic E-state index is 13.0. The van der Waals surface area contributed by atoms with Crippen molar-refractivity contribution in [2.75, 3.05) is 5.32 Å². The maximum Gasteiger partial charge on any atom is 0.224 e. The number of halogens is 4. The molecule has 0 amide bonds. The lowest BCUT2D eigenvalue weighted by Crippen LogP contribution is -2.17. The summed E-state index contributed by atoms with van der Waals surface area (Å²) in [6, 6.07) is 0.0693. The third-order valence-corrected chi connectivity index (χ3v) is 5.57. The molecule has 0 unspecified atom stereocenters. The summed E-state index contributed by atoms with van der Waals surface area (Å²) in [5, 5.41) is 5.37. The highest BCUT2D eigenvalue weighted by Crippen LogP contribution is 2.35. The van der Waals surface area contributed by atoms with E-state index in [0.717, 1.165) is 22.2 Å². The third kappa shape index (κ3) is 5.12. The molecule has 0 aromatic carbocycles. The summed E-state index contributed by atoms with van der Waals surface area (Å²) >= 11 is 8.91. The number of nitrogens with one attached hydrogen (secondary N) is 1. The van der Waals surface area contributed by atoms with E-state index in [1.54, 1.807) is 11.3 Å². The number of thiophene rings is 1. The van der Waals surface area contributed by atoms with E-state index in [-0.39, 0.29) is 36.1 Å². The number of hydrogen-bond acceptors (Lipinski definition) is 7. The van der Waals surface area contributed by atoms with Crippen LogP contribution in [0, 0.1) is 12.9 Å². The Kier molecular flexibility index (Phi) is 8.24. The fraction of sp³-hybridized carbons (Fsp3) is 0.357. The first-order chi connectivity index (χ1) is 10.9. The monoisotopic (exact) mass is 443 g/mol. The second-order valence-corrected chi connectivity index (χ2v) is 7.65. The van der Waals surface area contributed by atoms with Crippen molar-refractivity contribution in [3.63, 3.8) is 0 Å². The lowest BCUT2D eigenvalue weighted by atomic mass is 10.1. The Hall–Kier alpha value is -0.770. The van der Waals surface area contributed by atoms with Gasteiger partial charge < -0.3 is 11.1 Å². The molecule has 1 atom stereocenters. The highest BCUT2D eigenvalue weighted by atomic mass is 35.5. The van der Waals surface area contributed by atoms with Crippen LogP contribution in [0.1, 0.15) is 22.4 Å². The molecule has 3 N–H and O–H groups in total. The minimum atomic E-state index is -0.469. The number of hydrogen-bond donors (Lipinski definition) is 2. The summed E-state index contributed by atoms with van der Waals surface area (Å²) < 4.78 is 13.9. The van der Waals surface area contributed by atoms with Gasteiger partial charge in [-0.15, -0.1) is 47.5 Å². The molecule has 0 saturated carbocycles. The highest BCUT2D eigenvalue weighted by Gasteiger charge is 2.16. The van der Waals surface area contributed by atoms with Gasteiger partial charge in [0.25, 0.3) is 0 Å². The van der Waals surface area contributed by atoms with Crippen LogP contribution >= 0.6 is 59.1 Å². The summed E-state index contributed by atoms with van der Waals surface area (Å²) in [6.45, 7) is 4.37. The number of nitrogens with zero attached hydrogens (tertiary/aromatic N) is 3. The zero-order valence-electron chi connectivity index (χ0n) is 13.4. The molecule has 138 valence electrons. The normalized spacial score (nSPS) is 11.7. The van der Waals surface area contributed by atoms with Crippen molar-refractivity contribution < 1.29 is 4.39 Å². The van der Waals surface area contributed by atoms with E-state index < -0.39 is 5.95 Å². The van der Waals surface area contributed by atoms with Gasteiger partial charge in [0.2, 0.25) is 11.2 Å². The first-order valence-corrected chi connectivity index (χ1v) is 9.06. The van der Waals surface area contributed by atoms with E-state index in [9.17, 15) is 4.39 Å². The van der Waals surface area contributed by atoms with Gasteiger partial charge in [0.15, 0.2) is 0 Å². The summed E-state index contributed by atoms with van der Waals surface area (Å²) in [6.07, 6.45) is 0.779. The number of nitrogens with two attached hydrogens (primary N) is 1. The van der Waals surface area contributed by atoms with Crippen LogP contribution in [-0.2, 0) is 13.0 Å². The molecule has 3 aromatic heterocycles. The first kappa shape index (κ1) is 22.3. The van der Waals surface area contributed by atoms with Crippen LogP contribution in [0.3, 0.4) is 0 Å². The molecule has 0 fully saturated rings. The Labute approximate surface area is 170 Å². The molecule has 0 bridgehead atoms. The lowest BCUT2D eigenvalue weighted by Gasteiger charge is -2.05. The topological polar surface area (TPSA) is 76.7 Å². The van der Waals surface area contributed by atoms with Crippen molar-refractivity contribution in [3.8, 4) is 0 Å². The van der Waals surface area contributed by atoms with Gasteiger partial charge >= 0.3 is 0 Å². The van der Waals surface area contributed by atoms with Crippen LogP contribution in [0.15, 0.2) is 5.38 Å². The molecule has 0 spiro atoms. The number of fused-ring (bicyclic) bond motifs is 1. The molecule has 0 aliphatic rings. The van der Waals surface area contributed by atoms with E-state index in [2.05, 4.69) is 20.3 Å². The van der Waals surface area contributed by atoms with Crippen molar-refractivity contribution in [1.82, 2.24) is 15.0 Å². The van der Waals surface area contributed by atoms with Gasteiger partial charge in [-0.25, -0.2) is 9.97 Å². The minimum absolute atomic E-state index is 0. The molecule has 11 heteroatoms. The molecular weight excluding hydrogens is 428 g/mol. The molecule has 0 saturated heterocycles. The van der Waals surface area contributed by atoms with Crippen LogP contribution in [0.4, 0.5) is 10.2 Å². The predicted octanol–water partition coefficient (Wildman–Crippen LogP) is 4.59. The molecule has 3 heterocycles. The largest absolute Gasteiger partial charge is 0.362 e. The molecule has 5 nitrogen and oxygen atoms in total. The zero-order valence-corrected chi connectivity index (χ0v) is 17.4. The summed E-state index contributed by atoms with van der Waals surface area (Å²) in [5.74, 6) is 0.170. The second kappa shape index (κ2) is 9.25. The van der Waals surface area contributed by atoms with Gasteiger partial charge in [-0.1, -0.05) is 0 Å². The van der Waals surface area contributed by atoms with Crippen molar-refractivity contribution in [1.29, 1.82) is 0 Å². The van der Waals surface area contributed by atoms with Crippen LogP contribution in [0.2, 0.25) is 5.28 Å². The van der Waals surface area contributed by atoms with Crippen LogP contribution in [-0.4, -0.2) is 21.0 Å². The van der Waals surface area contributed by atoms with Gasteiger partial charge in [-0.3, -0.25) is 0 Å². The van der Waals surface area contributed by atoms with E-state index in [0.29, 0.717) is 17.4 Å². The zero-order chi connectivity index (χ0) is 16.6.